The van der Waals surface area contributed by atoms with Crippen LogP contribution in [0.4, 0.5) is 0 Å². The van der Waals surface area contributed by atoms with E-state index in [4.69, 9.17) is 20.6 Å². The summed E-state index contributed by atoms with van der Waals surface area (Å²) in [4.78, 5) is 62.6. The lowest BCUT2D eigenvalue weighted by molar-refractivity contribution is -0.149. The maximum absolute atomic E-state index is 11.8. The first-order valence-electron chi connectivity index (χ1n) is 8.05. The first-order valence-corrected chi connectivity index (χ1v) is 10.2. The summed E-state index contributed by atoms with van der Waals surface area (Å²) in [7, 11) is -4.77. The second-order valence-corrected chi connectivity index (χ2v) is 7.23. The van der Waals surface area contributed by atoms with E-state index < -0.39 is 69.5 Å². The van der Waals surface area contributed by atoms with E-state index in [1.165, 1.54) is 0 Å². The summed E-state index contributed by atoms with van der Waals surface area (Å²) >= 11 is 3.89. The number of nitrogens with one attached hydrogen (secondary N) is 2. The van der Waals surface area contributed by atoms with Crippen LogP contribution in [0, 0.1) is 0 Å². The number of carbonyl (C=O) groups is 4. The molecule has 0 rings (SSSR count). The van der Waals surface area contributed by atoms with Crippen molar-refractivity contribution in [2.45, 2.75) is 31.0 Å². The van der Waals surface area contributed by atoms with Gasteiger partial charge in [-0.1, -0.05) is 0 Å². The molecule has 0 saturated carbocycles. The molecule has 0 radical (unpaired) electrons. The van der Waals surface area contributed by atoms with Gasteiger partial charge in [-0.2, -0.15) is 12.6 Å². The van der Waals surface area contributed by atoms with Gasteiger partial charge in [0.15, 0.2) is 0 Å². The predicted octanol–water partition coefficient (Wildman–Crippen LogP) is -3.28. The third-order valence-corrected chi connectivity index (χ3v) is 3.94. The van der Waals surface area contributed by atoms with Crippen LogP contribution in [0.15, 0.2) is 0 Å². The number of phosphoric ester groups is 1. The highest BCUT2D eigenvalue weighted by Gasteiger charge is 2.23. The van der Waals surface area contributed by atoms with Gasteiger partial charge in [0.05, 0.1) is 6.61 Å². The van der Waals surface area contributed by atoms with Gasteiger partial charge in [0.2, 0.25) is 11.8 Å². The standard InChI is InChI=1S/C13H24N3O11PS/c14-8(13(22)26-4-7(17)5-27-28(23,24)25)1-2-10(18)16-9(6-29)12(21)15-3-11(19)20/h7-9,17,29H,1-6,14H2,(H,15,21)(H,16,18)(H,19,20)(H2,23,24,25). The third kappa shape index (κ3) is 14.0. The first-order chi connectivity index (χ1) is 13.4. The highest BCUT2D eigenvalue weighted by atomic mass is 32.1. The number of ether oxygens (including phenoxy) is 1. The molecule has 0 saturated heterocycles. The van der Waals surface area contributed by atoms with Gasteiger partial charge in [-0.3, -0.25) is 23.7 Å². The largest absolute Gasteiger partial charge is 0.480 e. The Morgan fingerprint density at radius 3 is 2.31 bits per heavy atom. The van der Waals surface area contributed by atoms with E-state index >= 15 is 0 Å². The highest BCUT2D eigenvalue weighted by molar-refractivity contribution is 7.80. The Bertz CT molecular complexity index is 629. The highest BCUT2D eigenvalue weighted by Crippen LogP contribution is 2.35. The number of aliphatic hydroxyl groups is 1. The number of thiol groups is 1. The van der Waals surface area contributed by atoms with Gasteiger partial charge in [-0.25, -0.2) is 4.57 Å². The normalized spacial score (nSPS) is 14.4. The van der Waals surface area contributed by atoms with Crippen molar-refractivity contribution in [2.75, 3.05) is 25.5 Å². The summed E-state index contributed by atoms with van der Waals surface area (Å²) in [6.07, 6.45) is -1.94. The monoisotopic (exact) mass is 461 g/mol. The van der Waals surface area contributed by atoms with Crippen LogP contribution in [0.2, 0.25) is 0 Å². The Labute approximate surface area is 170 Å². The van der Waals surface area contributed by atoms with Crippen molar-refractivity contribution in [3.63, 3.8) is 0 Å². The maximum Gasteiger partial charge on any atom is 0.469 e. The van der Waals surface area contributed by atoms with E-state index in [2.05, 4.69) is 32.5 Å². The second kappa shape index (κ2) is 13.5. The summed E-state index contributed by atoms with van der Waals surface area (Å²) in [5, 5.41) is 22.3. The molecule has 8 N–H and O–H groups in total. The SMILES string of the molecule is NC(CCC(=O)NC(CS)C(=O)NCC(=O)O)C(=O)OCC(O)COP(=O)(O)O. The van der Waals surface area contributed by atoms with Crippen LogP contribution < -0.4 is 16.4 Å². The molecule has 16 heteroatoms. The summed E-state index contributed by atoms with van der Waals surface area (Å²) < 4.78 is 19.2. The molecule has 0 bridgehead atoms. The number of carboxylic acid groups (broad SMARTS) is 1. The number of carbonyl (C=O) groups excluding carboxylic acids is 3. The average Bonchev–Trinajstić information content (AvgIpc) is 2.63. The van der Waals surface area contributed by atoms with Crippen LogP contribution >= 0.6 is 20.5 Å². The fourth-order valence-electron chi connectivity index (χ4n) is 1.67. The number of rotatable bonds is 14. The molecule has 0 spiro atoms. The predicted molar refractivity (Wildman–Crippen MR) is 98.6 cm³/mol. The minimum Gasteiger partial charge on any atom is -0.480 e. The lowest BCUT2D eigenvalue weighted by atomic mass is 10.1. The number of aliphatic hydroxyl groups excluding tert-OH is 1. The Kier molecular flexibility index (Phi) is 12.7. The van der Waals surface area contributed by atoms with E-state index in [1.54, 1.807) is 0 Å². The van der Waals surface area contributed by atoms with E-state index in [9.17, 15) is 28.8 Å². The fourth-order valence-corrected chi connectivity index (χ4v) is 2.29. The Balaban J connectivity index is 4.26. The zero-order chi connectivity index (χ0) is 22.6. The van der Waals surface area contributed by atoms with Crippen molar-refractivity contribution in [2.24, 2.45) is 5.73 Å². The van der Waals surface area contributed by atoms with Crippen LogP contribution in [-0.2, 0) is 33.0 Å². The number of esters is 1. The van der Waals surface area contributed by atoms with Crippen LogP contribution in [0.25, 0.3) is 0 Å². The zero-order valence-corrected chi connectivity index (χ0v) is 16.9. The van der Waals surface area contributed by atoms with Crippen molar-refractivity contribution >= 4 is 44.2 Å². The molecule has 0 aromatic carbocycles. The number of phosphoric acid groups is 1. The number of hydrogen-bond acceptors (Lipinski definition) is 10. The maximum atomic E-state index is 11.8. The number of carboxylic acids is 1. The van der Waals surface area contributed by atoms with Crippen molar-refractivity contribution in [3.8, 4) is 0 Å². The van der Waals surface area contributed by atoms with Crippen molar-refractivity contribution in [3.05, 3.63) is 0 Å². The van der Waals surface area contributed by atoms with Crippen LogP contribution in [0.1, 0.15) is 12.8 Å². The third-order valence-electron chi connectivity index (χ3n) is 3.09. The van der Waals surface area contributed by atoms with Gasteiger partial charge in [0.25, 0.3) is 0 Å². The van der Waals surface area contributed by atoms with Gasteiger partial charge in [0.1, 0.15) is 31.3 Å². The molecule has 0 fully saturated rings. The lowest BCUT2D eigenvalue weighted by Crippen LogP contribution is -2.49. The van der Waals surface area contributed by atoms with E-state index in [0.717, 1.165) is 0 Å². The molecule has 3 unspecified atom stereocenters. The molecule has 0 aliphatic rings. The quantitative estimate of drug-likeness (QED) is 0.0722. The smallest absolute Gasteiger partial charge is 0.469 e. The van der Waals surface area contributed by atoms with Gasteiger partial charge >= 0.3 is 19.8 Å². The number of aliphatic carboxylic acids is 1. The summed E-state index contributed by atoms with van der Waals surface area (Å²) in [5.74, 6) is -3.72. The van der Waals surface area contributed by atoms with E-state index in [1.807, 2.05) is 0 Å². The van der Waals surface area contributed by atoms with Crippen molar-refractivity contribution in [1.82, 2.24) is 10.6 Å². The molecule has 0 heterocycles. The Morgan fingerprint density at radius 1 is 1.17 bits per heavy atom. The zero-order valence-electron chi connectivity index (χ0n) is 15.1. The molecule has 0 aromatic heterocycles. The van der Waals surface area contributed by atoms with E-state index in [-0.39, 0.29) is 18.6 Å². The molecule has 3 atom stereocenters. The average molecular weight is 461 g/mol. The molecule has 29 heavy (non-hydrogen) atoms. The van der Waals surface area contributed by atoms with E-state index in [0.29, 0.717) is 0 Å². The Hall–Kier alpha value is -1.74. The Morgan fingerprint density at radius 2 is 1.79 bits per heavy atom. The summed E-state index contributed by atoms with van der Waals surface area (Å²) in [6.45, 7) is -2.03. The molecule has 168 valence electrons. The molecular weight excluding hydrogens is 437 g/mol. The van der Waals surface area contributed by atoms with Gasteiger partial charge in [-0.15, -0.1) is 0 Å². The first kappa shape index (κ1) is 27.3. The molecule has 0 aliphatic carbocycles. The topological polar surface area (TPSA) is 235 Å². The second-order valence-electron chi connectivity index (χ2n) is 5.63. The molecule has 0 aromatic rings. The van der Waals surface area contributed by atoms with Crippen LogP contribution in [-0.4, -0.2) is 87.5 Å². The molecule has 0 aliphatic heterocycles. The van der Waals surface area contributed by atoms with Gasteiger partial charge < -0.3 is 41.1 Å². The minimum absolute atomic E-state index is 0.0974. The van der Waals surface area contributed by atoms with Crippen molar-refractivity contribution in [1.29, 1.82) is 0 Å². The van der Waals surface area contributed by atoms with Crippen LogP contribution in [0.3, 0.4) is 0 Å². The fraction of sp³-hybridized carbons (Fsp3) is 0.692. The lowest BCUT2D eigenvalue weighted by Gasteiger charge is -2.17. The number of nitrogens with two attached hydrogens (primary N) is 1. The molecule has 2 amide bonds. The van der Waals surface area contributed by atoms with Crippen molar-refractivity contribution < 1.29 is 53.0 Å². The summed E-state index contributed by atoms with van der Waals surface area (Å²) in [6, 6.07) is -2.33. The molecule has 14 nitrogen and oxygen atoms in total. The van der Waals surface area contributed by atoms with Gasteiger partial charge in [-0.05, 0) is 6.42 Å². The number of amides is 2. The number of hydrogen-bond donors (Lipinski definition) is 8. The van der Waals surface area contributed by atoms with Gasteiger partial charge in [0, 0.05) is 12.2 Å². The summed E-state index contributed by atoms with van der Waals surface area (Å²) in [5.41, 5.74) is 5.55. The molecular formula is C13H24N3O11PS. The minimum atomic E-state index is -4.77. The van der Waals surface area contributed by atoms with Crippen LogP contribution in [0.5, 0.6) is 0 Å².